The molecule has 3 atom stereocenters. The minimum absolute atomic E-state index is 0.149. The highest BCUT2D eigenvalue weighted by molar-refractivity contribution is 6.40. The summed E-state index contributed by atoms with van der Waals surface area (Å²) in [6.07, 6.45) is -0.764. The molecule has 3 unspecified atom stereocenters. The molecule has 1 aromatic rings. The molecule has 14 nitrogen and oxygen atoms in total. The number of carbonyl (C=O) groups excluding carboxylic acids is 3. The van der Waals surface area contributed by atoms with Gasteiger partial charge in [-0.1, -0.05) is 0 Å². The predicted molar refractivity (Wildman–Crippen MR) is 149 cm³/mol. The van der Waals surface area contributed by atoms with E-state index in [0.717, 1.165) is 6.92 Å². The lowest BCUT2D eigenvalue weighted by atomic mass is 10.4. The Morgan fingerprint density at radius 1 is 1.00 bits per heavy atom. The fourth-order valence-electron chi connectivity index (χ4n) is 1.46. The summed E-state index contributed by atoms with van der Waals surface area (Å²) in [5.41, 5.74) is 5.64. The summed E-state index contributed by atoms with van der Waals surface area (Å²) in [5, 5.41) is 22.7. The second-order valence-electron chi connectivity index (χ2n) is 6.88. The van der Waals surface area contributed by atoms with Gasteiger partial charge in [-0.2, -0.15) is 5.26 Å². The minimum Gasteiger partial charge on any atom is -0.481 e. The van der Waals surface area contributed by atoms with Gasteiger partial charge >= 0.3 is 0 Å². The summed E-state index contributed by atoms with van der Waals surface area (Å²) >= 11 is 9.53. The first-order valence-electron chi connectivity index (χ1n) is 10.8. The number of carbonyl (C=O) groups is 4. The van der Waals surface area contributed by atoms with E-state index in [0.29, 0.717) is 17.5 Å². The van der Waals surface area contributed by atoms with Crippen molar-refractivity contribution < 1.29 is 28.7 Å². The fourth-order valence-corrected chi connectivity index (χ4v) is 1.46. The van der Waals surface area contributed by atoms with Crippen LogP contribution in [0.5, 0.6) is 0 Å². The van der Waals surface area contributed by atoms with Gasteiger partial charge in [-0.15, -0.1) is 23.2 Å². The van der Waals surface area contributed by atoms with Crippen LogP contribution in [0.2, 0.25) is 0 Å². The van der Waals surface area contributed by atoms with E-state index in [1.54, 1.807) is 40.7 Å². The van der Waals surface area contributed by atoms with Gasteiger partial charge in [-0.05, 0) is 13.8 Å². The van der Waals surface area contributed by atoms with Gasteiger partial charge in [0.25, 0.3) is 18.3 Å². The average molecular weight is 594 g/mol. The normalized spacial score (nSPS) is 10.3. The number of carboxylic acids is 1. The van der Waals surface area contributed by atoms with Crippen molar-refractivity contribution in [2.45, 2.75) is 80.7 Å². The molecule has 6 N–H and O–H groups in total. The molecule has 1 rings (SSSR count). The first-order chi connectivity index (χ1) is 17.8. The van der Waals surface area contributed by atoms with Crippen molar-refractivity contribution in [1.29, 1.82) is 5.26 Å². The number of hydrogen-bond acceptors (Lipinski definition) is 8. The summed E-state index contributed by atoms with van der Waals surface area (Å²) < 4.78 is 5.08. The van der Waals surface area contributed by atoms with Crippen molar-refractivity contribution in [1.82, 2.24) is 15.6 Å². The van der Waals surface area contributed by atoms with E-state index in [1.165, 1.54) is 20.8 Å². The highest BCUT2D eigenvalue weighted by Gasteiger charge is 2.06. The van der Waals surface area contributed by atoms with E-state index in [4.69, 9.17) is 61.7 Å². The molecule has 3 amide bonds. The Hall–Kier alpha value is -3.90. The van der Waals surface area contributed by atoms with Crippen molar-refractivity contribution in [3.8, 4) is 6.07 Å². The van der Waals surface area contributed by atoms with Crippen molar-refractivity contribution in [3.63, 3.8) is 0 Å². The summed E-state index contributed by atoms with van der Waals surface area (Å²) in [7, 11) is 0. The number of carboxylic acid groups (broad SMARTS) is 1. The summed E-state index contributed by atoms with van der Waals surface area (Å²) in [6.45, 7) is 26.5. The Kier molecular flexibility index (Phi) is 35.0. The Labute approximate surface area is 239 Å². The monoisotopic (exact) mass is 592 g/mol. The van der Waals surface area contributed by atoms with Crippen LogP contribution in [0.25, 0.3) is 9.69 Å². The van der Waals surface area contributed by atoms with Gasteiger partial charge in [-0.25, -0.2) is 18.1 Å². The van der Waals surface area contributed by atoms with Crippen LogP contribution in [-0.2, 0) is 19.2 Å². The number of hydrogen-bond donors (Lipinski definition) is 5. The second-order valence-corrected chi connectivity index (χ2v) is 7.69. The maximum absolute atomic E-state index is 10.6. The number of anilines is 1. The molecular weight excluding hydrogens is 555 g/mol. The number of aliphatic carboxylic acids is 1. The molecule has 0 aliphatic rings. The van der Waals surface area contributed by atoms with Crippen LogP contribution in [0.4, 0.5) is 5.88 Å². The molecule has 0 aromatic carbocycles. The number of alkyl halides is 2. The number of oxazole rings is 1. The summed E-state index contributed by atoms with van der Waals surface area (Å²) in [4.78, 5) is 50.0. The van der Waals surface area contributed by atoms with Gasteiger partial charge in [0.1, 0.15) is 5.69 Å². The van der Waals surface area contributed by atoms with Gasteiger partial charge in [0.05, 0.1) is 17.5 Å². The van der Waals surface area contributed by atoms with Crippen LogP contribution in [0.3, 0.4) is 0 Å². The first-order valence-corrected chi connectivity index (χ1v) is 11.9. The van der Waals surface area contributed by atoms with Gasteiger partial charge in [0.15, 0.2) is 5.89 Å². The van der Waals surface area contributed by atoms with Crippen LogP contribution < -0.4 is 21.7 Å². The quantitative estimate of drug-likeness (QED) is 0.256. The van der Waals surface area contributed by atoms with Crippen molar-refractivity contribution in [2.24, 2.45) is 5.73 Å². The van der Waals surface area contributed by atoms with Crippen LogP contribution in [0.1, 0.15) is 60.1 Å². The molecule has 1 aromatic heterocycles. The average Bonchev–Trinajstić information content (AvgIpc) is 3.09. The van der Waals surface area contributed by atoms with E-state index in [9.17, 15) is 14.4 Å². The maximum atomic E-state index is 10.6. The molecule has 0 fully saturated rings. The first kappa shape index (κ1) is 45.0. The zero-order chi connectivity index (χ0) is 32.1. The molecule has 1 heterocycles. The van der Waals surface area contributed by atoms with Crippen molar-refractivity contribution in [3.05, 3.63) is 34.4 Å². The Morgan fingerprint density at radius 3 is 1.44 bits per heavy atom. The molecule has 0 bridgehead atoms. The topological polar surface area (TPSA) is 209 Å². The van der Waals surface area contributed by atoms with Gasteiger partial charge in [-0.3, -0.25) is 44.8 Å². The molecule has 0 spiro atoms. The third-order valence-corrected chi connectivity index (χ3v) is 2.61. The molecule has 0 radical (unpaired) electrons. The maximum Gasteiger partial charge on any atom is 0.300 e. The number of nitrogens with two attached hydrogens (primary N) is 1. The van der Waals surface area contributed by atoms with E-state index < -0.39 is 5.97 Å². The van der Waals surface area contributed by atoms with E-state index in [-0.39, 0.29) is 41.4 Å². The molecule has 16 heteroatoms. The van der Waals surface area contributed by atoms with E-state index in [1.807, 2.05) is 0 Å². The molecule has 0 aliphatic carbocycles. The van der Waals surface area contributed by atoms with Gasteiger partial charge in [0, 0.05) is 48.5 Å². The number of amides is 3. The summed E-state index contributed by atoms with van der Waals surface area (Å²) in [5.74, 6) is -0.299. The van der Waals surface area contributed by atoms with Gasteiger partial charge < -0.3 is 15.3 Å². The lowest BCUT2D eigenvalue weighted by Crippen LogP contribution is -2.27. The molecule has 0 saturated carbocycles. The SMILES string of the molecule is CC(=O)Nc1oc(C)nc1C.CC(=O)O.CC(N)C#N.ClCCl.[C-]#[N+]C(C)NC(C)=O.[C-]#[N+]C(C)NC(C)=O. The Morgan fingerprint density at radius 2 is 1.31 bits per heavy atom. The van der Waals surface area contributed by atoms with Gasteiger partial charge in [0.2, 0.25) is 23.6 Å². The molecule has 0 saturated heterocycles. The lowest BCUT2D eigenvalue weighted by molar-refractivity contribution is -0.134. The molecule has 0 aliphatic heterocycles. The van der Waals surface area contributed by atoms with Crippen molar-refractivity contribution in [2.75, 3.05) is 10.7 Å². The number of aryl methyl sites for hydroxylation is 2. The van der Waals surface area contributed by atoms with Crippen LogP contribution in [-0.4, -0.2) is 57.5 Å². The van der Waals surface area contributed by atoms with Crippen molar-refractivity contribution >= 4 is 52.8 Å². The highest BCUT2D eigenvalue weighted by atomic mass is 35.5. The number of aromatic nitrogens is 1. The number of nitriles is 1. The predicted octanol–water partition coefficient (Wildman–Crippen LogP) is 3.40. The van der Waals surface area contributed by atoms with E-state index in [2.05, 4.69) is 30.6 Å². The number of nitrogens with zero attached hydrogens (tertiary/aromatic N) is 4. The Balaban J connectivity index is -0.000000125. The highest BCUT2D eigenvalue weighted by Crippen LogP contribution is 2.14. The number of halogens is 2. The molecular formula is C23H38Cl2N8O6. The van der Waals surface area contributed by atoms with Crippen LogP contribution in [0.15, 0.2) is 4.42 Å². The lowest BCUT2D eigenvalue weighted by Gasteiger charge is -1.95. The van der Waals surface area contributed by atoms with Crippen LogP contribution in [0, 0.1) is 38.3 Å². The minimum atomic E-state index is -0.833. The number of rotatable bonds is 3. The Bertz CT molecular complexity index is 929. The molecule has 39 heavy (non-hydrogen) atoms. The zero-order valence-electron chi connectivity index (χ0n) is 23.5. The van der Waals surface area contributed by atoms with E-state index >= 15 is 0 Å². The smallest absolute Gasteiger partial charge is 0.300 e. The molecule has 220 valence electrons. The fraction of sp³-hybridized carbons (Fsp3) is 0.565. The van der Waals surface area contributed by atoms with Crippen LogP contribution >= 0.6 is 23.2 Å². The summed E-state index contributed by atoms with van der Waals surface area (Å²) in [6, 6.07) is 1.50. The third kappa shape index (κ3) is 51.6. The zero-order valence-corrected chi connectivity index (χ0v) is 25.1. The standard InChI is InChI=1S/C7H10N2O2.2C5H8N2O.C3H6N2.C2H4O2.CH2Cl2/c1-4-7(9-5(2)10)11-6(3)8-4;2*1-4(6-3)7-5(2)8;1-3(5)2-4;1-2(3)4;2-1-3/h1-3H3,(H,9,10);2*4H,1-2H3,(H,7,8);3H,5H2,1H3;1H3,(H,3,4);1H2. The number of nitrogens with one attached hydrogen (secondary N) is 3. The third-order valence-electron chi connectivity index (χ3n) is 2.61. The largest absolute Gasteiger partial charge is 0.481 e. The second kappa shape index (κ2) is 30.3.